The Kier molecular flexibility index (Phi) is 9.50. The van der Waals surface area contributed by atoms with Gasteiger partial charge in [-0.3, -0.25) is 4.79 Å². The van der Waals surface area contributed by atoms with E-state index in [1.807, 2.05) is 0 Å². The lowest BCUT2D eigenvalue weighted by Crippen LogP contribution is -2.31. The molecule has 0 aromatic heterocycles. The van der Waals surface area contributed by atoms with Crippen LogP contribution >= 0.6 is 12.4 Å². The van der Waals surface area contributed by atoms with E-state index in [9.17, 15) is 4.79 Å². The molecule has 0 spiro atoms. The fraction of sp³-hybridized carbons (Fsp3) is 0.917. The van der Waals surface area contributed by atoms with E-state index < -0.39 is 0 Å². The number of unbranched alkanes of at least 4 members (excludes halogenated alkanes) is 2. The third kappa shape index (κ3) is 6.86. The highest BCUT2D eigenvalue weighted by Gasteiger charge is 2.27. The second-order valence-corrected chi connectivity index (χ2v) is 4.61. The molecule has 17 heavy (non-hydrogen) atoms. The number of hydrogen-bond acceptors (Lipinski definition) is 3. The first-order valence-corrected chi connectivity index (χ1v) is 6.26. The van der Waals surface area contributed by atoms with Gasteiger partial charge in [0.25, 0.3) is 0 Å². The van der Waals surface area contributed by atoms with Crippen molar-refractivity contribution in [3.63, 3.8) is 0 Å². The summed E-state index contributed by atoms with van der Waals surface area (Å²) in [4.78, 5) is 11.7. The van der Waals surface area contributed by atoms with Gasteiger partial charge in [0.05, 0.1) is 0 Å². The summed E-state index contributed by atoms with van der Waals surface area (Å²) in [6, 6.07) is 0.234. The first-order valence-electron chi connectivity index (χ1n) is 6.26. The monoisotopic (exact) mass is 264 g/mol. The Labute approximate surface area is 110 Å². The Bertz CT molecular complexity index is 215. The first kappa shape index (κ1) is 16.7. The lowest BCUT2D eigenvalue weighted by atomic mass is 10.1. The summed E-state index contributed by atoms with van der Waals surface area (Å²) < 4.78 is 4.96. The predicted molar refractivity (Wildman–Crippen MR) is 71.3 cm³/mol. The molecule has 4 nitrogen and oxygen atoms in total. The van der Waals surface area contributed by atoms with Crippen molar-refractivity contribution in [2.75, 3.05) is 20.3 Å². The molecule has 102 valence electrons. The van der Waals surface area contributed by atoms with Crippen molar-refractivity contribution in [1.29, 1.82) is 0 Å². The maximum absolute atomic E-state index is 11.7. The van der Waals surface area contributed by atoms with Crippen molar-refractivity contribution in [3.8, 4) is 0 Å². The molecule has 2 unspecified atom stereocenters. The van der Waals surface area contributed by atoms with Crippen molar-refractivity contribution in [1.82, 2.24) is 5.32 Å². The first-order chi connectivity index (χ1) is 7.74. The summed E-state index contributed by atoms with van der Waals surface area (Å²) in [6.45, 7) is 1.60. The van der Waals surface area contributed by atoms with Crippen molar-refractivity contribution >= 4 is 18.3 Å². The number of hydrogen-bond donors (Lipinski definition) is 2. The molecule has 0 aliphatic heterocycles. The fourth-order valence-electron chi connectivity index (χ4n) is 2.16. The van der Waals surface area contributed by atoms with Crippen molar-refractivity contribution in [3.05, 3.63) is 0 Å². The molecule has 0 saturated heterocycles. The number of nitrogens with one attached hydrogen (secondary N) is 1. The van der Waals surface area contributed by atoms with Gasteiger partial charge in [0.1, 0.15) is 0 Å². The molecular weight excluding hydrogens is 240 g/mol. The molecule has 2 atom stereocenters. The zero-order chi connectivity index (χ0) is 11.8. The number of nitrogens with two attached hydrogens (primary N) is 1. The minimum atomic E-state index is 0. The number of ether oxygens (including phenoxy) is 1. The van der Waals surface area contributed by atoms with Gasteiger partial charge in [0.15, 0.2) is 0 Å². The Balaban J connectivity index is 0.00000256. The third-order valence-corrected chi connectivity index (χ3v) is 3.17. The summed E-state index contributed by atoms with van der Waals surface area (Å²) in [5.74, 6) is 0.355. The van der Waals surface area contributed by atoms with Gasteiger partial charge in [-0.05, 0) is 38.5 Å². The highest BCUT2D eigenvalue weighted by molar-refractivity contribution is 5.85. The number of halogens is 1. The Morgan fingerprint density at radius 3 is 2.71 bits per heavy atom. The summed E-state index contributed by atoms with van der Waals surface area (Å²) in [7, 11) is 1.71. The zero-order valence-corrected chi connectivity index (χ0v) is 11.4. The molecule has 1 aliphatic rings. The van der Waals surface area contributed by atoms with Gasteiger partial charge in [0, 0.05) is 32.2 Å². The van der Waals surface area contributed by atoms with Crippen LogP contribution in [0.3, 0.4) is 0 Å². The van der Waals surface area contributed by atoms with Crippen LogP contribution in [0.15, 0.2) is 0 Å². The molecule has 1 amide bonds. The fourth-order valence-corrected chi connectivity index (χ4v) is 2.16. The van der Waals surface area contributed by atoms with Crippen molar-refractivity contribution in [2.24, 2.45) is 11.7 Å². The van der Waals surface area contributed by atoms with Gasteiger partial charge in [-0.25, -0.2) is 0 Å². The van der Waals surface area contributed by atoms with Crippen molar-refractivity contribution < 1.29 is 9.53 Å². The predicted octanol–water partition coefficient (Wildman–Crippen LogP) is 1.47. The quantitative estimate of drug-likeness (QED) is 0.685. The standard InChI is InChI=1S/C12H24N2O2.ClH/c1-16-8-4-2-3-7-14-12(15)10-5-6-11(13)9-10;/h10-11H,2-9,13H2,1H3,(H,14,15);1H. The molecule has 0 bridgehead atoms. The van der Waals surface area contributed by atoms with Gasteiger partial charge in [-0.15, -0.1) is 12.4 Å². The Hall–Kier alpha value is -0.320. The molecule has 1 rings (SSSR count). The molecule has 0 aromatic rings. The molecule has 0 aromatic carbocycles. The topological polar surface area (TPSA) is 64.3 Å². The molecule has 1 saturated carbocycles. The van der Waals surface area contributed by atoms with Crippen LogP contribution in [-0.4, -0.2) is 32.2 Å². The van der Waals surface area contributed by atoms with Crippen LogP contribution in [0.4, 0.5) is 0 Å². The van der Waals surface area contributed by atoms with Crippen LogP contribution in [0.25, 0.3) is 0 Å². The van der Waals surface area contributed by atoms with Gasteiger partial charge in [-0.1, -0.05) is 0 Å². The van der Waals surface area contributed by atoms with E-state index in [4.69, 9.17) is 10.5 Å². The maximum Gasteiger partial charge on any atom is 0.223 e. The van der Waals surface area contributed by atoms with Crippen molar-refractivity contribution in [2.45, 2.75) is 44.6 Å². The normalized spacial score (nSPS) is 23.2. The molecule has 5 heteroatoms. The van der Waals surface area contributed by atoms with Crippen LogP contribution in [-0.2, 0) is 9.53 Å². The van der Waals surface area contributed by atoms with Crippen LogP contribution in [0, 0.1) is 5.92 Å². The second-order valence-electron chi connectivity index (χ2n) is 4.61. The lowest BCUT2D eigenvalue weighted by molar-refractivity contribution is -0.124. The van der Waals surface area contributed by atoms with Gasteiger partial charge in [0.2, 0.25) is 5.91 Å². The number of carbonyl (C=O) groups excluding carboxylic acids is 1. The zero-order valence-electron chi connectivity index (χ0n) is 10.6. The number of carbonyl (C=O) groups is 1. The van der Waals surface area contributed by atoms with E-state index in [1.165, 1.54) is 0 Å². The SMILES string of the molecule is COCCCCCNC(=O)C1CCC(N)C1.Cl. The molecule has 1 aliphatic carbocycles. The number of rotatable bonds is 7. The van der Waals surface area contributed by atoms with E-state index in [2.05, 4.69) is 5.32 Å². The minimum Gasteiger partial charge on any atom is -0.385 e. The van der Waals surface area contributed by atoms with E-state index in [0.717, 1.165) is 51.7 Å². The van der Waals surface area contributed by atoms with Gasteiger partial charge in [-0.2, -0.15) is 0 Å². The van der Waals surface area contributed by atoms with Gasteiger partial charge >= 0.3 is 0 Å². The summed E-state index contributed by atoms with van der Waals surface area (Å²) in [5, 5.41) is 2.99. The smallest absolute Gasteiger partial charge is 0.223 e. The average Bonchev–Trinajstić information content (AvgIpc) is 2.70. The number of methoxy groups -OCH3 is 1. The molecule has 3 N–H and O–H groups in total. The number of amides is 1. The average molecular weight is 265 g/mol. The highest BCUT2D eigenvalue weighted by atomic mass is 35.5. The minimum absolute atomic E-state index is 0. The third-order valence-electron chi connectivity index (χ3n) is 3.17. The van der Waals surface area contributed by atoms with E-state index >= 15 is 0 Å². The van der Waals surface area contributed by atoms with E-state index in [0.29, 0.717) is 0 Å². The summed E-state index contributed by atoms with van der Waals surface area (Å²) in [6.07, 6.45) is 6.02. The Morgan fingerprint density at radius 2 is 2.12 bits per heavy atom. The molecule has 0 heterocycles. The van der Waals surface area contributed by atoms with E-state index in [1.54, 1.807) is 7.11 Å². The highest BCUT2D eigenvalue weighted by Crippen LogP contribution is 2.23. The Morgan fingerprint density at radius 1 is 1.35 bits per heavy atom. The maximum atomic E-state index is 11.7. The van der Waals surface area contributed by atoms with Crippen LogP contribution < -0.4 is 11.1 Å². The molecular formula is C12H25ClN2O2. The lowest BCUT2D eigenvalue weighted by Gasteiger charge is -2.10. The summed E-state index contributed by atoms with van der Waals surface area (Å²) >= 11 is 0. The summed E-state index contributed by atoms with van der Waals surface area (Å²) in [5.41, 5.74) is 5.78. The van der Waals surface area contributed by atoms with E-state index in [-0.39, 0.29) is 30.3 Å². The van der Waals surface area contributed by atoms with Crippen LogP contribution in [0.1, 0.15) is 38.5 Å². The molecule has 0 radical (unpaired) electrons. The van der Waals surface area contributed by atoms with Gasteiger partial charge < -0.3 is 15.8 Å². The van der Waals surface area contributed by atoms with Crippen LogP contribution in [0.5, 0.6) is 0 Å². The van der Waals surface area contributed by atoms with Crippen LogP contribution in [0.2, 0.25) is 0 Å². The molecule has 1 fully saturated rings. The second kappa shape index (κ2) is 9.68. The largest absolute Gasteiger partial charge is 0.385 e.